The maximum Gasteiger partial charge on any atom is 0.321 e. The number of carbonyl (C=O) groups is 1. The molecule has 0 amide bonds. The monoisotopic (exact) mass is 252 g/mol. The number of rotatable bonds is 3. The van der Waals surface area contributed by atoms with Crippen LogP contribution in [-0.4, -0.2) is 16.5 Å². The minimum Gasteiger partial charge on any atom is -0.480 e. The van der Waals surface area contributed by atoms with E-state index in [4.69, 9.17) is 39.9 Å². The highest BCUT2D eigenvalue weighted by Crippen LogP contribution is 2.23. The molecule has 0 aliphatic heterocycles. The Morgan fingerprint density at radius 1 is 1.36 bits per heavy atom. The SMILES string of the molecule is O=C(O)C(Cl)Cc1ccc(Cl)c(Cl)c1. The fourth-order valence-electron chi connectivity index (χ4n) is 0.961. The number of halogens is 3. The Kier molecular flexibility index (Phi) is 4.05. The van der Waals surface area contributed by atoms with Crippen molar-refractivity contribution in [3.8, 4) is 0 Å². The molecule has 0 heterocycles. The minimum atomic E-state index is -1.04. The lowest BCUT2D eigenvalue weighted by Gasteiger charge is -2.05. The Morgan fingerprint density at radius 3 is 2.50 bits per heavy atom. The van der Waals surface area contributed by atoms with Gasteiger partial charge in [-0.2, -0.15) is 0 Å². The fourth-order valence-corrected chi connectivity index (χ4v) is 1.46. The summed E-state index contributed by atoms with van der Waals surface area (Å²) < 4.78 is 0. The molecule has 14 heavy (non-hydrogen) atoms. The zero-order chi connectivity index (χ0) is 10.7. The van der Waals surface area contributed by atoms with Gasteiger partial charge >= 0.3 is 5.97 Å². The van der Waals surface area contributed by atoms with Gasteiger partial charge in [0.15, 0.2) is 0 Å². The van der Waals surface area contributed by atoms with E-state index in [0.29, 0.717) is 10.0 Å². The number of hydrogen-bond acceptors (Lipinski definition) is 1. The summed E-state index contributed by atoms with van der Waals surface area (Å²) in [7, 11) is 0. The summed E-state index contributed by atoms with van der Waals surface area (Å²) in [6, 6.07) is 4.93. The molecule has 0 bridgehead atoms. The summed E-state index contributed by atoms with van der Waals surface area (Å²) in [6.45, 7) is 0. The Hall–Kier alpha value is -0.440. The third kappa shape index (κ3) is 3.05. The van der Waals surface area contributed by atoms with E-state index in [1.165, 1.54) is 0 Å². The minimum absolute atomic E-state index is 0.230. The van der Waals surface area contributed by atoms with Crippen LogP contribution in [0.3, 0.4) is 0 Å². The molecule has 0 radical (unpaired) electrons. The van der Waals surface area contributed by atoms with E-state index >= 15 is 0 Å². The fraction of sp³-hybridized carbons (Fsp3) is 0.222. The van der Waals surface area contributed by atoms with E-state index in [-0.39, 0.29) is 6.42 Å². The molecule has 0 fully saturated rings. The second-order valence-electron chi connectivity index (χ2n) is 2.76. The zero-order valence-electron chi connectivity index (χ0n) is 7.01. The van der Waals surface area contributed by atoms with Gasteiger partial charge in [0, 0.05) is 0 Å². The van der Waals surface area contributed by atoms with Crippen LogP contribution < -0.4 is 0 Å². The van der Waals surface area contributed by atoms with Crippen LogP contribution in [0.1, 0.15) is 5.56 Å². The average Bonchev–Trinajstić information content (AvgIpc) is 2.11. The first-order valence-corrected chi connectivity index (χ1v) is 5.00. The predicted octanol–water partition coefficient (Wildman–Crippen LogP) is 3.23. The number of hydrogen-bond donors (Lipinski definition) is 1. The molecular formula is C9H7Cl3O2. The predicted molar refractivity (Wildman–Crippen MR) is 57.4 cm³/mol. The van der Waals surface area contributed by atoms with Crippen molar-refractivity contribution in [3.05, 3.63) is 33.8 Å². The Morgan fingerprint density at radius 2 is 2.00 bits per heavy atom. The molecule has 1 rings (SSSR count). The van der Waals surface area contributed by atoms with Crippen LogP contribution >= 0.6 is 34.8 Å². The van der Waals surface area contributed by atoms with Gasteiger partial charge < -0.3 is 5.11 Å². The van der Waals surface area contributed by atoms with Crippen molar-refractivity contribution in [2.75, 3.05) is 0 Å². The summed E-state index contributed by atoms with van der Waals surface area (Å²) in [5.74, 6) is -1.04. The molecule has 1 aromatic carbocycles. The molecule has 5 heteroatoms. The van der Waals surface area contributed by atoms with Crippen LogP contribution in [0.25, 0.3) is 0 Å². The molecule has 2 nitrogen and oxygen atoms in total. The third-order valence-electron chi connectivity index (χ3n) is 1.67. The summed E-state index contributed by atoms with van der Waals surface area (Å²) in [5.41, 5.74) is 0.752. The summed E-state index contributed by atoms with van der Waals surface area (Å²) in [4.78, 5) is 10.5. The van der Waals surface area contributed by atoms with Gasteiger partial charge in [-0.1, -0.05) is 29.3 Å². The molecule has 0 saturated heterocycles. The maximum absolute atomic E-state index is 10.5. The Labute approximate surface area is 96.4 Å². The molecular weight excluding hydrogens is 246 g/mol. The smallest absolute Gasteiger partial charge is 0.321 e. The van der Waals surface area contributed by atoms with Crippen molar-refractivity contribution >= 4 is 40.8 Å². The topological polar surface area (TPSA) is 37.3 Å². The van der Waals surface area contributed by atoms with Crippen LogP contribution in [-0.2, 0) is 11.2 Å². The molecule has 1 unspecified atom stereocenters. The van der Waals surface area contributed by atoms with E-state index in [1.54, 1.807) is 18.2 Å². The molecule has 0 aromatic heterocycles. The first kappa shape index (κ1) is 11.6. The summed E-state index contributed by atoms with van der Waals surface area (Å²) in [5, 5.41) is 8.48. The lowest BCUT2D eigenvalue weighted by molar-refractivity contribution is -0.136. The van der Waals surface area contributed by atoms with Crippen LogP contribution in [0.5, 0.6) is 0 Å². The standard InChI is InChI=1S/C9H7Cl3O2/c10-6-2-1-5(3-7(6)11)4-8(12)9(13)14/h1-3,8H,4H2,(H,13,14). The normalized spacial score (nSPS) is 12.5. The summed E-state index contributed by atoms with van der Waals surface area (Å²) in [6.07, 6.45) is 0.230. The molecule has 1 N–H and O–H groups in total. The Balaban J connectivity index is 2.78. The van der Waals surface area contributed by atoms with E-state index in [1.807, 2.05) is 0 Å². The molecule has 0 spiro atoms. The average molecular weight is 254 g/mol. The third-order valence-corrected chi connectivity index (χ3v) is 2.75. The number of aliphatic carboxylic acids is 1. The van der Waals surface area contributed by atoms with Crippen LogP contribution in [0.2, 0.25) is 10.0 Å². The first-order valence-electron chi connectivity index (χ1n) is 3.81. The lowest BCUT2D eigenvalue weighted by Crippen LogP contribution is -2.15. The maximum atomic E-state index is 10.5. The quantitative estimate of drug-likeness (QED) is 0.840. The van der Waals surface area contributed by atoms with Crippen molar-refractivity contribution in [1.82, 2.24) is 0 Å². The van der Waals surface area contributed by atoms with E-state index < -0.39 is 11.3 Å². The van der Waals surface area contributed by atoms with Crippen molar-refractivity contribution < 1.29 is 9.90 Å². The van der Waals surface area contributed by atoms with Gasteiger partial charge in [0.2, 0.25) is 0 Å². The van der Waals surface area contributed by atoms with Crippen molar-refractivity contribution in [2.45, 2.75) is 11.8 Å². The van der Waals surface area contributed by atoms with Gasteiger partial charge in [0.05, 0.1) is 10.0 Å². The van der Waals surface area contributed by atoms with Crippen molar-refractivity contribution in [1.29, 1.82) is 0 Å². The largest absolute Gasteiger partial charge is 0.480 e. The van der Waals surface area contributed by atoms with Crippen LogP contribution in [0.4, 0.5) is 0 Å². The van der Waals surface area contributed by atoms with Gasteiger partial charge in [0.1, 0.15) is 5.38 Å². The zero-order valence-corrected chi connectivity index (χ0v) is 9.27. The number of carboxylic acid groups (broad SMARTS) is 1. The van der Waals surface area contributed by atoms with E-state index in [2.05, 4.69) is 0 Å². The van der Waals surface area contributed by atoms with E-state index in [0.717, 1.165) is 5.56 Å². The lowest BCUT2D eigenvalue weighted by atomic mass is 10.1. The number of alkyl halides is 1. The molecule has 0 aliphatic rings. The molecule has 0 aliphatic carbocycles. The second-order valence-corrected chi connectivity index (χ2v) is 4.10. The highest BCUT2D eigenvalue weighted by Gasteiger charge is 2.14. The second kappa shape index (κ2) is 4.87. The first-order chi connectivity index (χ1) is 6.50. The highest BCUT2D eigenvalue weighted by molar-refractivity contribution is 6.42. The van der Waals surface area contributed by atoms with Crippen molar-refractivity contribution in [2.24, 2.45) is 0 Å². The molecule has 76 valence electrons. The van der Waals surface area contributed by atoms with Crippen molar-refractivity contribution in [3.63, 3.8) is 0 Å². The molecule has 1 atom stereocenters. The van der Waals surface area contributed by atoms with Crippen LogP contribution in [0, 0.1) is 0 Å². The number of carboxylic acids is 1. The summed E-state index contributed by atoms with van der Waals surface area (Å²) >= 11 is 17.0. The van der Waals surface area contributed by atoms with Crippen LogP contribution in [0.15, 0.2) is 18.2 Å². The van der Waals surface area contributed by atoms with Gasteiger partial charge in [-0.25, -0.2) is 0 Å². The van der Waals surface area contributed by atoms with Gasteiger partial charge in [-0.3, -0.25) is 4.79 Å². The van der Waals surface area contributed by atoms with Gasteiger partial charge in [0.25, 0.3) is 0 Å². The molecule has 1 aromatic rings. The van der Waals surface area contributed by atoms with Gasteiger partial charge in [-0.05, 0) is 24.1 Å². The molecule has 0 saturated carbocycles. The Bertz CT molecular complexity index is 352. The van der Waals surface area contributed by atoms with E-state index in [9.17, 15) is 4.79 Å². The number of benzene rings is 1. The van der Waals surface area contributed by atoms with Gasteiger partial charge in [-0.15, -0.1) is 11.6 Å². The highest BCUT2D eigenvalue weighted by atomic mass is 35.5.